The Hall–Kier alpha value is -1.06. The van der Waals surface area contributed by atoms with Crippen LogP contribution in [0, 0.1) is 17.8 Å². The molecule has 4 nitrogen and oxygen atoms in total. The zero-order valence-electron chi connectivity index (χ0n) is 11.6. The largest absolute Gasteiger partial charge is 0.384 e. The predicted molar refractivity (Wildman–Crippen MR) is 82.6 cm³/mol. The molecular formula is C15H18ClNO3S. The smallest absolute Gasteiger partial charge is 0.242 e. The molecule has 1 aromatic carbocycles. The van der Waals surface area contributed by atoms with Crippen molar-refractivity contribution in [3.63, 3.8) is 0 Å². The van der Waals surface area contributed by atoms with Gasteiger partial charge in [0.2, 0.25) is 10.0 Å². The van der Waals surface area contributed by atoms with Gasteiger partial charge >= 0.3 is 0 Å². The van der Waals surface area contributed by atoms with Gasteiger partial charge in [0.1, 0.15) is 11.5 Å². The Labute approximate surface area is 130 Å². The molecule has 1 aliphatic carbocycles. The molecule has 0 aliphatic heterocycles. The lowest BCUT2D eigenvalue weighted by molar-refractivity contribution is 0.350. The summed E-state index contributed by atoms with van der Waals surface area (Å²) in [6, 6.07) is 4.50. The minimum absolute atomic E-state index is 0.0603. The van der Waals surface area contributed by atoms with E-state index in [2.05, 4.69) is 16.6 Å². The normalized spacial score (nSPS) is 14.6. The highest BCUT2D eigenvalue weighted by Gasteiger charge is 2.21. The van der Waals surface area contributed by atoms with Crippen molar-refractivity contribution in [2.45, 2.75) is 30.6 Å². The first-order valence-corrected chi connectivity index (χ1v) is 8.78. The average Bonchev–Trinajstić information content (AvgIpc) is 3.25. The van der Waals surface area contributed by atoms with Crippen LogP contribution in [0.5, 0.6) is 0 Å². The minimum Gasteiger partial charge on any atom is -0.384 e. The lowest BCUT2D eigenvalue weighted by atomic mass is 10.2. The van der Waals surface area contributed by atoms with Crippen LogP contribution in [0.3, 0.4) is 0 Å². The molecule has 114 valence electrons. The van der Waals surface area contributed by atoms with Crippen molar-refractivity contribution in [3.8, 4) is 11.8 Å². The lowest BCUT2D eigenvalue weighted by Crippen LogP contribution is -2.25. The van der Waals surface area contributed by atoms with Gasteiger partial charge in [-0.25, -0.2) is 13.1 Å². The van der Waals surface area contributed by atoms with Gasteiger partial charge in [0, 0.05) is 12.1 Å². The Bertz CT molecular complexity index is 657. The second-order valence-electron chi connectivity index (χ2n) is 5.09. The molecule has 1 fully saturated rings. The summed E-state index contributed by atoms with van der Waals surface area (Å²) in [7, 11) is -3.59. The molecule has 0 unspecified atom stereocenters. The van der Waals surface area contributed by atoms with Crippen molar-refractivity contribution in [2.24, 2.45) is 5.92 Å². The highest BCUT2D eigenvalue weighted by molar-refractivity contribution is 7.89. The zero-order valence-corrected chi connectivity index (χ0v) is 13.2. The molecule has 0 saturated heterocycles. The summed E-state index contributed by atoms with van der Waals surface area (Å²) in [4.78, 5) is 0.0603. The lowest BCUT2D eigenvalue weighted by Gasteiger charge is -2.08. The molecule has 1 aromatic rings. The fourth-order valence-electron chi connectivity index (χ4n) is 2.02. The van der Waals surface area contributed by atoms with E-state index in [-0.39, 0.29) is 16.5 Å². The highest BCUT2D eigenvalue weighted by atomic mass is 35.5. The Morgan fingerprint density at radius 3 is 2.76 bits per heavy atom. The second-order valence-corrected chi connectivity index (χ2v) is 7.23. The van der Waals surface area contributed by atoms with E-state index >= 15 is 0 Å². The predicted octanol–water partition coefficient (Wildman–Crippen LogP) is 2.15. The van der Waals surface area contributed by atoms with E-state index in [0.29, 0.717) is 12.1 Å². The van der Waals surface area contributed by atoms with E-state index in [1.807, 2.05) is 0 Å². The highest BCUT2D eigenvalue weighted by Crippen LogP contribution is 2.33. The number of hydrogen-bond donors (Lipinski definition) is 2. The summed E-state index contributed by atoms with van der Waals surface area (Å²) in [5, 5.41) is 8.77. The van der Waals surface area contributed by atoms with E-state index < -0.39 is 10.0 Å². The Morgan fingerprint density at radius 2 is 2.14 bits per heavy atom. The maximum atomic E-state index is 12.2. The molecule has 0 bridgehead atoms. The van der Waals surface area contributed by atoms with Crippen LogP contribution in [-0.4, -0.2) is 26.7 Å². The van der Waals surface area contributed by atoms with Crippen LogP contribution < -0.4 is 4.72 Å². The summed E-state index contributed by atoms with van der Waals surface area (Å²) in [5.74, 6) is 5.97. The number of halogens is 1. The number of hydrogen-bond acceptors (Lipinski definition) is 3. The van der Waals surface area contributed by atoms with E-state index in [1.165, 1.54) is 25.0 Å². The van der Waals surface area contributed by atoms with Gasteiger partial charge in [0.25, 0.3) is 0 Å². The standard InChI is InChI=1S/C15H18ClNO3S/c16-14-11-13(4-2-10-18)7-8-15(14)21(19,20)17-9-1-3-12-5-6-12/h7-8,11-12,17-18H,1,3,5-6,9-10H2. The molecule has 0 atom stereocenters. The van der Waals surface area contributed by atoms with Crippen molar-refractivity contribution in [1.29, 1.82) is 0 Å². The number of rotatable bonds is 6. The summed E-state index contributed by atoms with van der Waals surface area (Å²) < 4.78 is 26.9. The zero-order chi connectivity index (χ0) is 15.3. The maximum Gasteiger partial charge on any atom is 0.242 e. The van der Waals surface area contributed by atoms with Crippen LogP contribution in [0.4, 0.5) is 0 Å². The third-order valence-electron chi connectivity index (χ3n) is 3.31. The van der Waals surface area contributed by atoms with Crippen LogP contribution in [0.15, 0.2) is 23.1 Å². The van der Waals surface area contributed by atoms with Crippen LogP contribution in [0.1, 0.15) is 31.2 Å². The molecule has 2 rings (SSSR count). The van der Waals surface area contributed by atoms with Gasteiger partial charge in [-0.1, -0.05) is 36.3 Å². The second kappa shape index (κ2) is 7.28. The van der Waals surface area contributed by atoms with Gasteiger partial charge in [0.05, 0.1) is 5.02 Å². The van der Waals surface area contributed by atoms with Crippen molar-refractivity contribution in [3.05, 3.63) is 28.8 Å². The monoisotopic (exact) mass is 327 g/mol. The Morgan fingerprint density at radius 1 is 1.38 bits per heavy atom. The van der Waals surface area contributed by atoms with E-state index in [4.69, 9.17) is 16.7 Å². The van der Waals surface area contributed by atoms with Crippen LogP contribution in [-0.2, 0) is 10.0 Å². The molecule has 0 aromatic heterocycles. The molecule has 1 aliphatic rings. The minimum atomic E-state index is -3.59. The number of aliphatic hydroxyl groups is 1. The molecule has 6 heteroatoms. The molecule has 0 heterocycles. The van der Waals surface area contributed by atoms with Crippen molar-refractivity contribution < 1.29 is 13.5 Å². The molecule has 1 saturated carbocycles. The summed E-state index contributed by atoms with van der Waals surface area (Å²) in [6.07, 6.45) is 4.47. The summed E-state index contributed by atoms with van der Waals surface area (Å²) in [6.45, 7) is 0.182. The fraction of sp³-hybridized carbons (Fsp3) is 0.467. The third kappa shape index (κ3) is 5.01. The SMILES string of the molecule is O=S(=O)(NCCCC1CC1)c1ccc(C#CCO)cc1Cl. The topological polar surface area (TPSA) is 66.4 Å². The average molecular weight is 328 g/mol. The van der Waals surface area contributed by atoms with Gasteiger partial charge < -0.3 is 5.11 Å². The number of benzene rings is 1. The van der Waals surface area contributed by atoms with Gasteiger partial charge in [0.15, 0.2) is 0 Å². The van der Waals surface area contributed by atoms with Crippen LogP contribution in [0.25, 0.3) is 0 Å². The molecular weight excluding hydrogens is 310 g/mol. The third-order valence-corrected chi connectivity index (χ3v) is 5.26. The first-order chi connectivity index (χ1) is 10.0. The van der Waals surface area contributed by atoms with Crippen molar-refractivity contribution in [2.75, 3.05) is 13.2 Å². The van der Waals surface area contributed by atoms with Crippen LogP contribution >= 0.6 is 11.6 Å². The Kier molecular flexibility index (Phi) is 5.65. The molecule has 0 spiro atoms. The summed E-state index contributed by atoms with van der Waals surface area (Å²) >= 11 is 6.02. The first-order valence-electron chi connectivity index (χ1n) is 6.92. The van der Waals surface area contributed by atoms with Crippen molar-refractivity contribution in [1.82, 2.24) is 4.72 Å². The molecule has 0 radical (unpaired) electrons. The quantitative estimate of drug-likeness (QED) is 0.621. The number of sulfonamides is 1. The van der Waals surface area contributed by atoms with Gasteiger partial charge in [-0.15, -0.1) is 0 Å². The first kappa shape index (κ1) is 16.3. The summed E-state index contributed by atoms with van der Waals surface area (Å²) in [5.41, 5.74) is 0.571. The molecule has 0 amide bonds. The number of nitrogens with one attached hydrogen (secondary N) is 1. The molecule has 21 heavy (non-hydrogen) atoms. The Balaban J connectivity index is 2.00. The van der Waals surface area contributed by atoms with Crippen molar-refractivity contribution >= 4 is 21.6 Å². The number of aliphatic hydroxyl groups excluding tert-OH is 1. The van der Waals surface area contributed by atoms with E-state index in [0.717, 1.165) is 18.8 Å². The molecule has 2 N–H and O–H groups in total. The van der Waals surface area contributed by atoms with E-state index in [1.54, 1.807) is 6.07 Å². The fourth-order valence-corrected chi connectivity index (χ4v) is 3.64. The van der Waals surface area contributed by atoms with E-state index in [9.17, 15) is 8.42 Å². The van der Waals surface area contributed by atoms with Gasteiger partial charge in [-0.05, 0) is 37.0 Å². The van der Waals surface area contributed by atoms with Gasteiger partial charge in [-0.2, -0.15) is 0 Å². The maximum absolute atomic E-state index is 12.2. The van der Waals surface area contributed by atoms with Crippen LogP contribution in [0.2, 0.25) is 5.02 Å². The van der Waals surface area contributed by atoms with Gasteiger partial charge in [-0.3, -0.25) is 0 Å².